The molecule has 1 aliphatic rings. The third-order valence-corrected chi connectivity index (χ3v) is 7.06. The van der Waals surface area contributed by atoms with Crippen molar-refractivity contribution >= 4 is 15.7 Å². The molecule has 1 fully saturated rings. The molecule has 2 atom stereocenters. The van der Waals surface area contributed by atoms with Gasteiger partial charge in [-0.2, -0.15) is 0 Å². The quantitative estimate of drug-likeness (QED) is 0.831. The Bertz CT molecular complexity index is 859. The number of hydrogen-bond donors (Lipinski definition) is 0. The van der Waals surface area contributed by atoms with Crippen LogP contribution in [0.2, 0.25) is 0 Å². The maximum atomic E-state index is 13.1. The summed E-state index contributed by atoms with van der Waals surface area (Å²) in [7, 11) is -3.13. The number of aryl methyl sites for hydroxylation is 1. The lowest BCUT2D eigenvalue weighted by molar-refractivity contribution is 0.0693. The molecule has 24 heavy (non-hydrogen) atoms. The van der Waals surface area contributed by atoms with Crippen molar-refractivity contribution < 1.29 is 13.2 Å². The van der Waals surface area contributed by atoms with Gasteiger partial charge in [-0.15, -0.1) is 0 Å². The lowest BCUT2D eigenvalue weighted by Crippen LogP contribution is -2.54. The molecular weight excluding hydrogens is 326 g/mol. The Labute approximate surface area is 142 Å². The highest BCUT2D eigenvalue weighted by Gasteiger charge is 2.38. The molecule has 1 aromatic heterocycles. The Morgan fingerprint density at radius 3 is 2.71 bits per heavy atom. The highest BCUT2D eigenvalue weighted by atomic mass is 32.2. The standard InChI is InChI=1S/C17H21N3O3S/c1-12-4-5-16(19-7-6-18-11-19)15(10-12)17(21)20-8-9-24(22,23)14(3)13(20)2/h4-7,10-11,13-14H,8-9H2,1-3H3/t13-,14-/m0/s1. The van der Waals surface area contributed by atoms with Crippen molar-refractivity contribution in [3.63, 3.8) is 0 Å². The van der Waals surface area contributed by atoms with Crippen LogP contribution in [0.3, 0.4) is 0 Å². The second-order valence-electron chi connectivity index (χ2n) is 6.30. The molecule has 2 aromatic rings. The lowest BCUT2D eigenvalue weighted by atomic mass is 10.1. The van der Waals surface area contributed by atoms with E-state index >= 15 is 0 Å². The summed E-state index contributed by atoms with van der Waals surface area (Å²) in [5, 5.41) is -0.559. The predicted molar refractivity (Wildman–Crippen MR) is 92.0 cm³/mol. The van der Waals surface area contributed by atoms with Gasteiger partial charge in [-0.3, -0.25) is 4.79 Å². The van der Waals surface area contributed by atoms with E-state index in [9.17, 15) is 13.2 Å². The van der Waals surface area contributed by atoms with E-state index < -0.39 is 15.1 Å². The van der Waals surface area contributed by atoms with Crippen molar-refractivity contribution in [1.82, 2.24) is 14.5 Å². The average molecular weight is 347 g/mol. The Balaban J connectivity index is 2.00. The molecule has 0 N–H and O–H groups in total. The van der Waals surface area contributed by atoms with E-state index in [1.165, 1.54) is 0 Å². The van der Waals surface area contributed by atoms with Crippen LogP contribution >= 0.6 is 0 Å². The highest BCUT2D eigenvalue weighted by Crippen LogP contribution is 2.24. The summed E-state index contributed by atoms with van der Waals surface area (Å²) < 4.78 is 25.9. The summed E-state index contributed by atoms with van der Waals surface area (Å²) in [6.45, 7) is 5.63. The number of carbonyl (C=O) groups excluding carboxylic acids is 1. The number of aromatic nitrogens is 2. The molecule has 0 spiro atoms. The first-order chi connectivity index (χ1) is 11.3. The molecule has 3 rings (SSSR count). The van der Waals surface area contributed by atoms with Gasteiger partial charge in [0.25, 0.3) is 5.91 Å². The van der Waals surface area contributed by atoms with Gasteiger partial charge in [-0.05, 0) is 32.9 Å². The van der Waals surface area contributed by atoms with Crippen LogP contribution in [0.4, 0.5) is 0 Å². The first kappa shape index (κ1) is 16.7. The third kappa shape index (κ3) is 2.84. The highest BCUT2D eigenvalue weighted by molar-refractivity contribution is 7.92. The summed E-state index contributed by atoms with van der Waals surface area (Å²) in [4.78, 5) is 18.8. The van der Waals surface area contributed by atoms with Gasteiger partial charge in [0.1, 0.15) is 0 Å². The van der Waals surface area contributed by atoms with Crippen LogP contribution in [-0.4, -0.2) is 52.4 Å². The molecule has 7 heteroatoms. The minimum absolute atomic E-state index is 0.0104. The van der Waals surface area contributed by atoms with Gasteiger partial charge < -0.3 is 9.47 Å². The summed E-state index contributed by atoms with van der Waals surface area (Å²) in [6, 6.07) is 5.32. The fourth-order valence-electron chi connectivity index (χ4n) is 3.06. The Morgan fingerprint density at radius 1 is 1.29 bits per heavy atom. The normalized spacial score (nSPS) is 23.2. The zero-order chi connectivity index (χ0) is 17.5. The van der Waals surface area contributed by atoms with E-state index in [1.54, 1.807) is 42.0 Å². The maximum absolute atomic E-state index is 13.1. The van der Waals surface area contributed by atoms with E-state index in [2.05, 4.69) is 4.98 Å². The van der Waals surface area contributed by atoms with Gasteiger partial charge in [0, 0.05) is 25.0 Å². The van der Waals surface area contributed by atoms with Gasteiger partial charge in [-0.25, -0.2) is 13.4 Å². The first-order valence-electron chi connectivity index (χ1n) is 7.93. The molecule has 1 amide bonds. The van der Waals surface area contributed by atoms with Crippen LogP contribution in [0, 0.1) is 6.92 Å². The Morgan fingerprint density at radius 2 is 2.04 bits per heavy atom. The van der Waals surface area contributed by atoms with Crippen LogP contribution in [0.5, 0.6) is 0 Å². The van der Waals surface area contributed by atoms with E-state index in [0.29, 0.717) is 5.56 Å². The second kappa shape index (κ2) is 6.05. The van der Waals surface area contributed by atoms with Crippen molar-refractivity contribution in [2.75, 3.05) is 12.3 Å². The van der Waals surface area contributed by atoms with Gasteiger partial charge in [0.15, 0.2) is 9.84 Å². The fraction of sp³-hybridized carbons (Fsp3) is 0.412. The number of benzene rings is 1. The SMILES string of the molecule is Cc1ccc(-n2ccnc2)c(C(=O)N2CCS(=O)(=O)[C@@H](C)[C@@H]2C)c1. The second-order valence-corrected chi connectivity index (χ2v) is 8.78. The molecular formula is C17H21N3O3S. The average Bonchev–Trinajstić information content (AvgIpc) is 3.06. The van der Waals surface area contributed by atoms with E-state index in [1.807, 2.05) is 25.1 Å². The van der Waals surface area contributed by atoms with Crippen molar-refractivity contribution in [3.05, 3.63) is 48.0 Å². The fourth-order valence-corrected chi connectivity index (χ4v) is 4.63. The number of rotatable bonds is 2. The monoisotopic (exact) mass is 347 g/mol. The van der Waals surface area contributed by atoms with Crippen LogP contribution in [0.15, 0.2) is 36.9 Å². The Hall–Kier alpha value is -2.15. The summed E-state index contributed by atoms with van der Waals surface area (Å²) in [5.41, 5.74) is 2.29. The van der Waals surface area contributed by atoms with Gasteiger partial charge in [0.2, 0.25) is 0 Å². The van der Waals surface area contributed by atoms with E-state index in [4.69, 9.17) is 0 Å². The first-order valence-corrected chi connectivity index (χ1v) is 9.64. The summed E-state index contributed by atoms with van der Waals surface area (Å²) in [5.74, 6) is -0.132. The minimum atomic E-state index is -3.13. The molecule has 2 heterocycles. The van der Waals surface area contributed by atoms with Crippen molar-refractivity contribution in [3.8, 4) is 5.69 Å². The zero-order valence-corrected chi connectivity index (χ0v) is 14.8. The molecule has 1 saturated heterocycles. The van der Waals surface area contributed by atoms with Crippen LogP contribution < -0.4 is 0 Å². The van der Waals surface area contributed by atoms with Crippen molar-refractivity contribution in [2.45, 2.75) is 32.1 Å². The molecule has 128 valence electrons. The number of nitrogens with zero attached hydrogens (tertiary/aromatic N) is 3. The Kier molecular flexibility index (Phi) is 4.21. The van der Waals surface area contributed by atoms with Gasteiger partial charge in [-0.1, -0.05) is 11.6 Å². The molecule has 0 radical (unpaired) electrons. The van der Waals surface area contributed by atoms with Gasteiger partial charge in [0.05, 0.1) is 28.6 Å². The van der Waals surface area contributed by atoms with Crippen LogP contribution in [0.25, 0.3) is 5.69 Å². The number of imidazole rings is 1. The number of carbonyl (C=O) groups is 1. The molecule has 0 unspecified atom stereocenters. The topological polar surface area (TPSA) is 72.3 Å². The van der Waals surface area contributed by atoms with E-state index in [-0.39, 0.29) is 24.2 Å². The lowest BCUT2D eigenvalue weighted by Gasteiger charge is -2.37. The van der Waals surface area contributed by atoms with Crippen LogP contribution in [0.1, 0.15) is 29.8 Å². The molecule has 6 nitrogen and oxygen atoms in total. The smallest absolute Gasteiger partial charge is 0.256 e. The molecule has 1 aromatic carbocycles. The van der Waals surface area contributed by atoms with Crippen molar-refractivity contribution in [2.24, 2.45) is 0 Å². The summed E-state index contributed by atoms with van der Waals surface area (Å²) in [6.07, 6.45) is 5.09. The number of amides is 1. The maximum Gasteiger partial charge on any atom is 0.256 e. The zero-order valence-electron chi connectivity index (χ0n) is 14.0. The van der Waals surface area contributed by atoms with E-state index in [0.717, 1.165) is 11.3 Å². The minimum Gasteiger partial charge on any atom is -0.334 e. The van der Waals surface area contributed by atoms with Crippen LogP contribution in [-0.2, 0) is 9.84 Å². The predicted octanol–water partition coefficient (Wildman–Crippen LogP) is 1.83. The summed E-state index contributed by atoms with van der Waals surface area (Å²) >= 11 is 0. The number of hydrogen-bond acceptors (Lipinski definition) is 4. The van der Waals surface area contributed by atoms with Crippen molar-refractivity contribution in [1.29, 1.82) is 0 Å². The molecule has 0 aliphatic carbocycles. The number of sulfone groups is 1. The molecule has 1 aliphatic heterocycles. The third-order valence-electron chi connectivity index (χ3n) is 4.78. The molecule has 0 bridgehead atoms. The van der Waals surface area contributed by atoms with Gasteiger partial charge >= 0.3 is 0 Å². The largest absolute Gasteiger partial charge is 0.334 e. The molecule has 0 saturated carbocycles.